The third-order valence-corrected chi connectivity index (χ3v) is 6.41. The van der Waals surface area contributed by atoms with Crippen LogP contribution in [0.4, 0.5) is 0 Å². The standard InChI is InChI=1S/C25H24IN7O/c1-16-6-4-8-20(29-16)25-24(19-10-11-23-27-15-28-33(23)13-19)30-22(31-25)14-32(26)12-18-7-5-9-21(34-3)17(18)2/h4-11,13,15H,12,14H2,1-3H3,(H,30,31). The molecule has 0 fully saturated rings. The fourth-order valence-electron chi connectivity index (χ4n) is 3.99. The van der Waals surface area contributed by atoms with E-state index >= 15 is 0 Å². The number of hydrogen-bond donors (Lipinski definition) is 1. The number of fused-ring (bicyclic) bond motifs is 1. The summed E-state index contributed by atoms with van der Waals surface area (Å²) in [5, 5.41) is 4.28. The highest BCUT2D eigenvalue weighted by Crippen LogP contribution is 2.30. The van der Waals surface area contributed by atoms with Gasteiger partial charge in [-0.2, -0.15) is 5.10 Å². The predicted molar refractivity (Wildman–Crippen MR) is 140 cm³/mol. The van der Waals surface area contributed by atoms with E-state index in [4.69, 9.17) is 14.7 Å². The first-order chi connectivity index (χ1) is 16.5. The lowest BCUT2D eigenvalue weighted by Crippen LogP contribution is -2.12. The topological polar surface area (TPSA) is 84.2 Å². The van der Waals surface area contributed by atoms with Crippen molar-refractivity contribution in [2.75, 3.05) is 7.11 Å². The SMILES string of the molecule is COc1cccc(CN(I)Cc2nc(-c3ccc4ncnn4c3)c(-c3cccc(C)n3)[nH]2)c1C. The molecule has 8 nitrogen and oxygen atoms in total. The van der Waals surface area contributed by atoms with Crippen LogP contribution in [0.1, 0.15) is 22.6 Å². The molecule has 0 radical (unpaired) electrons. The highest BCUT2D eigenvalue weighted by atomic mass is 127. The van der Waals surface area contributed by atoms with Gasteiger partial charge in [-0.05, 0) is 55.3 Å². The zero-order valence-corrected chi connectivity index (χ0v) is 21.3. The average molecular weight is 565 g/mol. The van der Waals surface area contributed by atoms with Gasteiger partial charge < -0.3 is 9.72 Å². The molecule has 0 bridgehead atoms. The van der Waals surface area contributed by atoms with Crippen molar-refractivity contribution >= 4 is 28.5 Å². The van der Waals surface area contributed by atoms with Gasteiger partial charge >= 0.3 is 0 Å². The summed E-state index contributed by atoms with van der Waals surface area (Å²) in [7, 11) is 1.70. The van der Waals surface area contributed by atoms with E-state index in [1.807, 2.05) is 55.6 Å². The van der Waals surface area contributed by atoms with E-state index in [1.165, 1.54) is 5.56 Å². The minimum Gasteiger partial charge on any atom is -0.496 e. The Bertz CT molecular complexity index is 1460. The molecular formula is C25H24IN7O. The van der Waals surface area contributed by atoms with Crippen LogP contribution in [0.25, 0.3) is 28.3 Å². The van der Waals surface area contributed by atoms with E-state index in [2.05, 4.69) is 54.0 Å². The highest BCUT2D eigenvalue weighted by molar-refractivity contribution is 14.1. The highest BCUT2D eigenvalue weighted by Gasteiger charge is 2.18. The summed E-state index contributed by atoms with van der Waals surface area (Å²) in [6.45, 7) is 5.49. The largest absolute Gasteiger partial charge is 0.496 e. The van der Waals surface area contributed by atoms with Crippen molar-refractivity contribution in [1.82, 2.24) is 32.7 Å². The molecular weight excluding hydrogens is 541 g/mol. The number of benzene rings is 1. The molecule has 0 atom stereocenters. The number of pyridine rings is 2. The Hall–Kier alpha value is -3.31. The van der Waals surface area contributed by atoms with Crippen molar-refractivity contribution in [3.8, 4) is 28.4 Å². The Kier molecular flexibility index (Phi) is 6.29. The van der Waals surface area contributed by atoms with Crippen molar-refractivity contribution < 1.29 is 4.74 Å². The Morgan fingerprint density at radius 1 is 1.03 bits per heavy atom. The second-order valence-corrected chi connectivity index (χ2v) is 9.44. The summed E-state index contributed by atoms with van der Waals surface area (Å²) in [5.41, 5.74) is 7.65. The van der Waals surface area contributed by atoms with Crippen LogP contribution < -0.4 is 4.74 Å². The predicted octanol–water partition coefficient (Wildman–Crippen LogP) is 5.16. The first-order valence-electron chi connectivity index (χ1n) is 10.9. The zero-order chi connectivity index (χ0) is 23.7. The van der Waals surface area contributed by atoms with Gasteiger partial charge in [-0.25, -0.2) is 17.6 Å². The molecule has 0 saturated carbocycles. The Morgan fingerprint density at radius 3 is 2.71 bits per heavy atom. The number of aromatic amines is 1. The smallest absolute Gasteiger partial charge is 0.155 e. The van der Waals surface area contributed by atoms with Crippen molar-refractivity contribution in [3.63, 3.8) is 0 Å². The zero-order valence-electron chi connectivity index (χ0n) is 19.2. The van der Waals surface area contributed by atoms with Crippen LogP contribution in [0.2, 0.25) is 0 Å². The molecule has 0 aliphatic heterocycles. The van der Waals surface area contributed by atoms with E-state index in [1.54, 1.807) is 18.0 Å². The number of aryl methyl sites for hydroxylation is 1. The fourth-order valence-corrected chi connectivity index (χ4v) is 4.68. The molecule has 9 heteroatoms. The van der Waals surface area contributed by atoms with E-state index in [9.17, 15) is 0 Å². The maximum atomic E-state index is 5.48. The molecule has 1 N–H and O–H groups in total. The average Bonchev–Trinajstić information content (AvgIpc) is 3.47. The van der Waals surface area contributed by atoms with Gasteiger partial charge in [0.2, 0.25) is 0 Å². The quantitative estimate of drug-likeness (QED) is 0.217. The maximum absolute atomic E-state index is 5.48. The third kappa shape index (κ3) is 4.53. The lowest BCUT2D eigenvalue weighted by molar-refractivity contribution is 0.409. The van der Waals surface area contributed by atoms with Crippen LogP contribution in [-0.4, -0.2) is 39.8 Å². The number of rotatable bonds is 7. The number of hydrogen-bond acceptors (Lipinski definition) is 6. The number of H-pyrrole nitrogens is 1. The van der Waals surface area contributed by atoms with Crippen LogP contribution in [-0.2, 0) is 13.1 Å². The maximum Gasteiger partial charge on any atom is 0.155 e. The van der Waals surface area contributed by atoms with E-state index < -0.39 is 0 Å². The first-order valence-corrected chi connectivity index (χ1v) is 11.8. The molecule has 4 heterocycles. The first kappa shape index (κ1) is 22.5. The molecule has 0 spiro atoms. The Labute approximate surface area is 211 Å². The molecule has 0 aliphatic carbocycles. The Balaban J connectivity index is 1.49. The van der Waals surface area contributed by atoms with Crippen LogP contribution in [0.5, 0.6) is 5.75 Å². The summed E-state index contributed by atoms with van der Waals surface area (Å²) in [4.78, 5) is 17.5. The third-order valence-electron chi connectivity index (χ3n) is 5.72. The summed E-state index contributed by atoms with van der Waals surface area (Å²) >= 11 is 2.35. The minimum atomic E-state index is 0.640. The van der Waals surface area contributed by atoms with Crippen molar-refractivity contribution in [2.24, 2.45) is 0 Å². The number of nitrogens with one attached hydrogen (secondary N) is 1. The van der Waals surface area contributed by atoms with Crippen LogP contribution in [0.15, 0.2) is 61.1 Å². The second-order valence-electron chi connectivity index (χ2n) is 8.08. The fraction of sp³-hybridized carbons (Fsp3) is 0.200. The van der Waals surface area contributed by atoms with Crippen LogP contribution in [0, 0.1) is 13.8 Å². The molecule has 0 unspecified atom stereocenters. The molecule has 1 aromatic carbocycles. The molecule has 5 rings (SSSR count). The van der Waals surface area contributed by atoms with Gasteiger partial charge in [-0.15, -0.1) is 0 Å². The number of halogens is 1. The number of methoxy groups -OCH3 is 1. The van der Waals surface area contributed by atoms with Gasteiger partial charge in [0.25, 0.3) is 0 Å². The molecule has 172 valence electrons. The van der Waals surface area contributed by atoms with E-state index in [0.29, 0.717) is 6.54 Å². The van der Waals surface area contributed by atoms with Gasteiger partial charge in [-0.1, -0.05) is 18.2 Å². The molecule has 34 heavy (non-hydrogen) atoms. The number of imidazole rings is 1. The lowest BCUT2D eigenvalue weighted by Gasteiger charge is -2.16. The van der Waals surface area contributed by atoms with Gasteiger partial charge in [0.05, 0.1) is 30.7 Å². The summed E-state index contributed by atoms with van der Waals surface area (Å²) in [6, 6.07) is 16.1. The lowest BCUT2D eigenvalue weighted by atomic mass is 10.1. The number of ether oxygens (including phenoxy) is 1. The molecule has 5 aromatic rings. The summed E-state index contributed by atoms with van der Waals surface area (Å²) < 4.78 is 9.44. The monoisotopic (exact) mass is 565 g/mol. The summed E-state index contributed by atoms with van der Waals surface area (Å²) in [5.74, 6) is 1.76. The molecule has 0 amide bonds. The molecule has 0 saturated heterocycles. The van der Waals surface area contributed by atoms with Crippen LogP contribution >= 0.6 is 22.9 Å². The molecule has 0 aliphatic rings. The number of nitrogens with zero attached hydrogens (tertiary/aromatic N) is 6. The van der Waals surface area contributed by atoms with Gasteiger partial charge in [0.15, 0.2) is 5.65 Å². The van der Waals surface area contributed by atoms with Gasteiger partial charge in [-0.3, -0.25) is 4.98 Å². The molecule has 4 aromatic heterocycles. The van der Waals surface area contributed by atoms with Crippen molar-refractivity contribution in [2.45, 2.75) is 26.9 Å². The van der Waals surface area contributed by atoms with Crippen LogP contribution in [0.3, 0.4) is 0 Å². The normalized spacial score (nSPS) is 11.4. The Morgan fingerprint density at radius 2 is 1.88 bits per heavy atom. The second kappa shape index (κ2) is 9.51. The van der Waals surface area contributed by atoms with E-state index in [0.717, 1.165) is 57.7 Å². The van der Waals surface area contributed by atoms with Gasteiger partial charge in [0, 0.05) is 46.9 Å². The van der Waals surface area contributed by atoms with Gasteiger partial charge in [0.1, 0.15) is 17.9 Å². The van der Waals surface area contributed by atoms with Crippen molar-refractivity contribution in [1.29, 1.82) is 0 Å². The minimum absolute atomic E-state index is 0.640. The van der Waals surface area contributed by atoms with E-state index in [-0.39, 0.29) is 0 Å². The summed E-state index contributed by atoms with van der Waals surface area (Å²) in [6.07, 6.45) is 3.50. The number of aromatic nitrogens is 6. The van der Waals surface area contributed by atoms with Crippen molar-refractivity contribution in [3.05, 3.63) is 83.7 Å².